The van der Waals surface area contributed by atoms with Gasteiger partial charge in [-0.1, -0.05) is 29.9 Å². The zero-order valence-electron chi connectivity index (χ0n) is 9.15. The summed E-state index contributed by atoms with van der Waals surface area (Å²) in [4.78, 5) is 4.66. The lowest BCUT2D eigenvalue weighted by atomic mass is 10.2. The SMILES string of the molecule is c1ccc2sc(N3CCCCCN3)nc2c1. The minimum atomic E-state index is 1.07. The molecule has 0 unspecified atom stereocenters. The zero-order valence-corrected chi connectivity index (χ0v) is 9.96. The molecule has 1 fully saturated rings. The van der Waals surface area contributed by atoms with Gasteiger partial charge in [-0.2, -0.15) is 0 Å². The zero-order chi connectivity index (χ0) is 10.8. The van der Waals surface area contributed by atoms with E-state index in [1.807, 2.05) is 6.07 Å². The van der Waals surface area contributed by atoms with Gasteiger partial charge in [0, 0.05) is 13.1 Å². The van der Waals surface area contributed by atoms with Crippen LogP contribution in [0.15, 0.2) is 24.3 Å². The number of nitrogens with one attached hydrogen (secondary N) is 1. The summed E-state index contributed by atoms with van der Waals surface area (Å²) in [5.41, 5.74) is 4.55. The van der Waals surface area contributed by atoms with E-state index >= 15 is 0 Å². The summed E-state index contributed by atoms with van der Waals surface area (Å²) in [6.45, 7) is 2.13. The van der Waals surface area contributed by atoms with E-state index in [1.54, 1.807) is 11.3 Å². The highest BCUT2D eigenvalue weighted by molar-refractivity contribution is 7.22. The number of fused-ring (bicyclic) bond motifs is 1. The summed E-state index contributed by atoms with van der Waals surface area (Å²) < 4.78 is 1.27. The first-order valence-corrected chi connectivity index (χ1v) is 6.62. The number of hydrogen-bond acceptors (Lipinski definition) is 4. The van der Waals surface area contributed by atoms with Gasteiger partial charge >= 0.3 is 0 Å². The molecule has 3 nitrogen and oxygen atoms in total. The van der Waals surface area contributed by atoms with Gasteiger partial charge < -0.3 is 0 Å². The Morgan fingerprint density at radius 2 is 2.12 bits per heavy atom. The molecule has 0 bridgehead atoms. The maximum atomic E-state index is 4.66. The van der Waals surface area contributed by atoms with E-state index in [0.717, 1.165) is 23.7 Å². The molecule has 1 aliphatic heterocycles. The molecule has 1 aromatic heterocycles. The summed E-state index contributed by atoms with van der Waals surface area (Å²) in [5.74, 6) is 0. The molecule has 2 aromatic rings. The van der Waals surface area contributed by atoms with E-state index in [2.05, 4.69) is 33.6 Å². The minimum absolute atomic E-state index is 1.07. The molecule has 2 heterocycles. The average Bonchev–Trinajstić information content (AvgIpc) is 2.56. The second-order valence-corrected chi connectivity index (χ2v) is 5.09. The van der Waals surface area contributed by atoms with E-state index in [1.165, 1.54) is 24.0 Å². The first-order valence-electron chi connectivity index (χ1n) is 5.80. The van der Waals surface area contributed by atoms with E-state index in [4.69, 9.17) is 0 Å². The van der Waals surface area contributed by atoms with Gasteiger partial charge in [-0.25, -0.2) is 10.4 Å². The smallest absolute Gasteiger partial charge is 0.200 e. The molecular formula is C12H15N3S. The summed E-state index contributed by atoms with van der Waals surface area (Å²) in [5, 5.41) is 3.31. The second-order valence-electron chi connectivity index (χ2n) is 4.08. The third kappa shape index (κ3) is 1.90. The first-order chi connectivity index (χ1) is 7.93. The Bertz CT molecular complexity index is 439. The normalized spacial score (nSPS) is 17.6. The van der Waals surface area contributed by atoms with Gasteiger partial charge in [-0.3, -0.25) is 5.01 Å². The van der Waals surface area contributed by atoms with Crippen LogP contribution in [0.3, 0.4) is 0 Å². The number of rotatable bonds is 1. The van der Waals surface area contributed by atoms with Gasteiger partial charge in [0.25, 0.3) is 0 Å². The Kier molecular flexibility index (Phi) is 2.76. The van der Waals surface area contributed by atoms with Crippen molar-refractivity contribution in [1.82, 2.24) is 10.4 Å². The lowest BCUT2D eigenvalue weighted by Gasteiger charge is -2.19. The number of hydrazine groups is 1. The summed E-state index contributed by atoms with van der Waals surface area (Å²) in [6.07, 6.45) is 3.83. The molecule has 84 valence electrons. The van der Waals surface area contributed by atoms with Crippen molar-refractivity contribution in [1.29, 1.82) is 0 Å². The monoisotopic (exact) mass is 233 g/mol. The van der Waals surface area contributed by atoms with Crippen molar-refractivity contribution in [3.63, 3.8) is 0 Å². The largest absolute Gasteiger partial charge is 0.283 e. The molecule has 1 aliphatic rings. The molecule has 0 atom stereocenters. The van der Waals surface area contributed by atoms with Crippen LogP contribution in [0.4, 0.5) is 5.13 Å². The summed E-state index contributed by atoms with van der Waals surface area (Å²) in [6, 6.07) is 8.32. The molecular weight excluding hydrogens is 218 g/mol. The molecule has 1 N–H and O–H groups in total. The van der Waals surface area contributed by atoms with E-state index < -0.39 is 0 Å². The van der Waals surface area contributed by atoms with Crippen molar-refractivity contribution >= 4 is 26.7 Å². The van der Waals surface area contributed by atoms with Crippen molar-refractivity contribution in [2.45, 2.75) is 19.3 Å². The van der Waals surface area contributed by atoms with Crippen LogP contribution in [0.2, 0.25) is 0 Å². The van der Waals surface area contributed by atoms with Gasteiger partial charge in [0.2, 0.25) is 5.13 Å². The van der Waals surface area contributed by atoms with Gasteiger partial charge in [-0.15, -0.1) is 0 Å². The fraction of sp³-hybridized carbons (Fsp3) is 0.417. The Labute approximate surface area is 99.1 Å². The molecule has 4 heteroatoms. The molecule has 1 aromatic carbocycles. The number of anilines is 1. The van der Waals surface area contributed by atoms with Crippen LogP contribution in [0.25, 0.3) is 10.2 Å². The lowest BCUT2D eigenvalue weighted by Crippen LogP contribution is -2.37. The third-order valence-corrected chi connectivity index (χ3v) is 3.93. The second kappa shape index (κ2) is 4.39. The van der Waals surface area contributed by atoms with Crippen LogP contribution in [-0.2, 0) is 0 Å². The number of aromatic nitrogens is 1. The van der Waals surface area contributed by atoms with Gasteiger partial charge in [0.15, 0.2) is 0 Å². The number of thiazole rings is 1. The molecule has 0 amide bonds. The number of para-hydroxylation sites is 1. The van der Waals surface area contributed by atoms with Gasteiger partial charge in [0.05, 0.1) is 10.2 Å². The standard InChI is InChI=1S/C12H15N3S/c1-4-8-13-15(9-5-1)12-14-10-6-2-3-7-11(10)16-12/h2-3,6-7,13H,1,4-5,8-9H2. The highest BCUT2D eigenvalue weighted by atomic mass is 32.1. The average molecular weight is 233 g/mol. The van der Waals surface area contributed by atoms with Crippen molar-refractivity contribution in [2.75, 3.05) is 18.1 Å². The van der Waals surface area contributed by atoms with Crippen LogP contribution in [0.1, 0.15) is 19.3 Å². The number of benzene rings is 1. The lowest BCUT2D eigenvalue weighted by molar-refractivity contribution is 0.659. The highest BCUT2D eigenvalue weighted by Crippen LogP contribution is 2.28. The van der Waals surface area contributed by atoms with E-state index in [9.17, 15) is 0 Å². The third-order valence-electron chi connectivity index (χ3n) is 2.87. The van der Waals surface area contributed by atoms with Crippen molar-refractivity contribution in [2.24, 2.45) is 0 Å². The van der Waals surface area contributed by atoms with Gasteiger partial charge in [-0.05, 0) is 25.0 Å². The number of nitrogens with zero attached hydrogens (tertiary/aromatic N) is 2. The quantitative estimate of drug-likeness (QED) is 0.821. The molecule has 0 radical (unpaired) electrons. The fourth-order valence-electron chi connectivity index (χ4n) is 2.00. The van der Waals surface area contributed by atoms with Crippen molar-refractivity contribution in [3.05, 3.63) is 24.3 Å². The van der Waals surface area contributed by atoms with Crippen LogP contribution in [-0.4, -0.2) is 18.1 Å². The molecule has 0 aliphatic carbocycles. The molecule has 0 spiro atoms. The Morgan fingerprint density at radius 1 is 1.19 bits per heavy atom. The van der Waals surface area contributed by atoms with Crippen molar-refractivity contribution < 1.29 is 0 Å². The fourth-order valence-corrected chi connectivity index (χ4v) is 2.98. The van der Waals surface area contributed by atoms with E-state index in [-0.39, 0.29) is 0 Å². The topological polar surface area (TPSA) is 28.2 Å². The Hall–Kier alpha value is -1.13. The first kappa shape index (κ1) is 10.1. The van der Waals surface area contributed by atoms with Crippen LogP contribution >= 0.6 is 11.3 Å². The number of hydrogen-bond donors (Lipinski definition) is 1. The predicted molar refractivity (Wildman–Crippen MR) is 68.8 cm³/mol. The van der Waals surface area contributed by atoms with Crippen LogP contribution < -0.4 is 10.4 Å². The van der Waals surface area contributed by atoms with Crippen LogP contribution in [0.5, 0.6) is 0 Å². The molecule has 3 rings (SSSR count). The maximum Gasteiger partial charge on any atom is 0.200 e. The Morgan fingerprint density at radius 3 is 3.06 bits per heavy atom. The van der Waals surface area contributed by atoms with Crippen molar-refractivity contribution in [3.8, 4) is 0 Å². The predicted octanol–water partition coefficient (Wildman–Crippen LogP) is 2.79. The minimum Gasteiger partial charge on any atom is -0.283 e. The van der Waals surface area contributed by atoms with E-state index in [0.29, 0.717) is 0 Å². The van der Waals surface area contributed by atoms with Gasteiger partial charge in [0.1, 0.15) is 0 Å². The molecule has 16 heavy (non-hydrogen) atoms. The van der Waals surface area contributed by atoms with Crippen LogP contribution in [0, 0.1) is 0 Å². The maximum absolute atomic E-state index is 4.66. The molecule has 1 saturated heterocycles. The highest BCUT2D eigenvalue weighted by Gasteiger charge is 2.13. The summed E-state index contributed by atoms with van der Waals surface area (Å²) >= 11 is 1.77. The molecule has 0 saturated carbocycles. The Balaban J connectivity index is 1.92. The summed E-state index contributed by atoms with van der Waals surface area (Å²) in [7, 11) is 0.